The van der Waals surface area contributed by atoms with Gasteiger partial charge in [-0.1, -0.05) is 39.5 Å². The number of aliphatic hydroxyl groups is 3. The van der Waals surface area contributed by atoms with Gasteiger partial charge in [0.1, 0.15) is 23.6 Å². The van der Waals surface area contributed by atoms with Crippen molar-refractivity contribution in [2.45, 2.75) is 83.3 Å². The molecule has 0 spiro atoms. The van der Waals surface area contributed by atoms with Gasteiger partial charge in [0.05, 0.1) is 17.3 Å². The van der Waals surface area contributed by atoms with Crippen LogP contribution in [-0.4, -0.2) is 125 Å². The summed E-state index contributed by atoms with van der Waals surface area (Å²) >= 11 is 0. The van der Waals surface area contributed by atoms with Crippen LogP contribution in [0.15, 0.2) is 28.7 Å². The number of nitrogens with two attached hydrogens (primary N) is 1. The van der Waals surface area contributed by atoms with Gasteiger partial charge in [-0.2, -0.15) is 0 Å². The van der Waals surface area contributed by atoms with Crippen LogP contribution in [0.1, 0.15) is 81.1 Å². The van der Waals surface area contributed by atoms with Crippen LogP contribution in [-0.2, 0) is 35.1 Å². The molecular weight excluding hydrogens is 718 g/mol. The summed E-state index contributed by atoms with van der Waals surface area (Å²) in [6.07, 6.45) is 3.98. The first kappa shape index (κ1) is 42.6. The van der Waals surface area contributed by atoms with Gasteiger partial charge in [0.15, 0.2) is 17.1 Å². The van der Waals surface area contributed by atoms with Crippen LogP contribution in [0.5, 0.6) is 5.75 Å². The third kappa shape index (κ3) is 8.42. The standard InChI is InChI=1S/C38H53N5O12/c1-7-9-11-12-13-26(45)54-19-55-37(52)43(14-10-8-2)18-25(44)40-23-17-24(41(3)4)21-15-20-16-22-30(42(5)6)33(48)29(36(39)51)35(50)38(22,53)34(49)27(20)32(47)28(21)31(23)46/h17,20,22,30,46,48-49,53H,7-16,18-19H2,1-6H3,(H2,39,51)(H,40,44)/t20-,22-,30-,38-/m0/s1. The molecule has 4 rings (SSSR count). The quantitative estimate of drug-likeness (QED) is 0.0465. The van der Waals surface area contributed by atoms with E-state index in [-0.39, 0.29) is 42.6 Å². The Morgan fingerprint density at radius 1 is 0.982 bits per heavy atom. The Morgan fingerprint density at radius 3 is 2.25 bits per heavy atom. The lowest BCUT2D eigenvalue weighted by Gasteiger charge is -2.50. The van der Waals surface area contributed by atoms with Gasteiger partial charge in [0.25, 0.3) is 5.91 Å². The molecule has 0 heterocycles. The van der Waals surface area contributed by atoms with Crippen LogP contribution in [0.25, 0.3) is 0 Å². The van der Waals surface area contributed by atoms with E-state index < -0.39 is 95.1 Å². The van der Waals surface area contributed by atoms with Gasteiger partial charge < -0.3 is 45.9 Å². The first-order valence-electron chi connectivity index (χ1n) is 18.5. The number of carbonyl (C=O) groups excluding carboxylic acids is 6. The zero-order valence-electron chi connectivity index (χ0n) is 32.3. The molecule has 0 fully saturated rings. The number of benzene rings is 1. The van der Waals surface area contributed by atoms with E-state index in [1.54, 1.807) is 33.1 Å². The van der Waals surface area contributed by atoms with Crippen LogP contribution in [0.4, 0.5) is 16.2 Å². The number of ketones is 2. The number of unbranched alkanes of at least 4 members (excludes halogenated alkanes) is 4. The Balaban J connectivity index is 1.63. The fourth-order valence-corrected chi connectivity index (χ4v) is 7.75. The topological polar surface area (TPSA) is 250 Å². The molecule has 17 nitrogen and oxygen atoms in total. The number of allylic oxidation sites excluding steroid dienone is 1. The number of hydrogen-bond donors (Lipinski definition) is 6. The van der Waals surface area contributed by atoms with E-state index in [2.05, 4.69) is 12.2 Å². The van der Waals surface area contributed by atoms with Gasteiger partial charge >= 0.3 is 12.1 Å². The number of phenolic OH excluding ortho intramolecular Hbond substituents is 1. The number of rotatable bonds is 16. The highest BCUT2D eigenvalue weighted by molar-refractivity contribution is 6.25. The lowest BCUT2D eigenvalue weighted by atomic mass is 9.58. The lowest BCUT2D eigenvalue weighted by Crippen LogP contribution is -2.63. The average molecular weight is 772 g/mol. The molecule has 0 saturated heterocycles. The van der Waals surface area contributed by atoms with Crippen molar-refractivity contribution in [2.75, 3.05) is 58.3 Å². The SMILES string of the molecule is CCCCCCC(=O)OCOC(=O)N(CCCC)CC(=O)Nc1cc(N(C)C)c2c(c1O)C(=O)C1=C(O)[C@]3(O)C(=O)C(C(N)=O)=C(O)[C@@H](N(C)C)[C@@H]3C[C@@H]1C2. The van der Waals surface area contributed by atoms with E-state index in [1.165, 1.54) is 11.0 Å². The van der Waals surface area contributed by atoms with Gasteiger partial charge in [-0.3, -0.25) is 33.8 Å². The minimum atomic E-state index is -2.81. The molecule has 1 aromatic carbocycles. The number of primary amides is 1. The van der Waals surface area contributed by atoms with Gasteiger partial charge in [-0.05, 0) is 57.3 Å². The maximum Gasteiger partial charge on any atom is 0.413 e. The van der Waals surface area contributed by atoms with Gasteiger partial charge in [-0.15, -0.1) is 0 Å². The van der Waals surface area contributed by atoms with E-state index in [0.717, 1.165) is 24.2 Å². The van der Waals surface area contributed by atoms with E-state index in [1.807, 2.05) is 6.92 Å². The minimum absolute atomic E-state index is 0.0454. The molecular formula is C38H53N5O12. The van der Waals surface area contributed by atoms with Crippen molar-refractivity contribution in [3.8, 4) is 5.75 Å². The van der Waals surface area contributed by atoms with Crippen molar-refractivity contribution in [3.05, 3.63) is 39.9 Å². The molecule has 3 aliphatic carbocycles. The van der Waals surface area contributed by atoms with Crippen molar-refractivity contribution in [1.29, 1.82) is 0 Å². The Hall–Kier alpha value is -5.16. The summed E-state index contributed by atoms with van der Waals surface area (Å²) in [5.74, 6) is -9.18. The van der Waals surface area contributed by atoms with Crippen molar-refractivity contribution >= 4 is 46.8 Å². The van der Waals surface area contributed by atoms with Crippen LogP contribution < -0.4 is 16.0 Å². The average Bonchev–Trinajstić information content (AvgIpc) is 3.10. The molecule has 1 aromatic rings. The maximum absolute atomic E-state index is 14.3. The number of fused-ring (bicyclic) bond motifs is 3. The van der Waals surface area contributed by atoms with Crippen LogP contribution in [0.2, 0.25) is 0 Å². The number of carbonyl (C=O) groups is 6. The number of phenols is 1. The van der Waals surface area contributed by atoms with Crippen LogP contribution >= 0.6 is 0 Å². The van der Waals surface area contributed by atoms with E-state index in [0.29, 0.717) is 30.5 Å². The van der Waals surface area contributed by atoms with Gasteiger partial charge in [0.2, 0.25) is 18.5 Å². The van der Waals surface area contributed by atoms with Gasteiger partial charge in [-0.25, -0.2) is 4.79 Å². The van der Waals surface area contributed by atoms with Crippen molar-refractivity contribution in [3.63, 3.8) is 0 Å². The van der Waals surface area contributed by atoms with E-state index >= 15 is 0 Å². The number of ether oxygens (including phenoxy) is 2. The molecule has 7 N–H and O–H groups in total. The number of Topliss-reactive ketones (excluding diaryl/α,β-unsaturated/α-hetero) is 2. The number of nitrogens with zero attached hydrogens (tertiary/aromatic N) is 3. The number of esters is 1. The number of likely N-dealkylation sites (N-methyl/N-ethyl adjacent to an activating group) is 1. The normalized spacial score (nSPS) is 21.8. The Morgan fingerprint density at radius 2 is 1.65 bits per heavy atom. The maximum atomic E-state index is 14.3. The largest absolute Gasteiger partial charge is 0.510 e. The highest BCUT2D eigenvalue weighted by atomic mass is 16.7. The predicted molar refractivity (Wildman–Crippen MR) is 199 cm³/mol. The third-order valence-corrected chi connectivity index (χ3v) is 10.5. The second kappa shape index (κ2) is 17.5. The summed E-state index contributed by atoms with van der Waals surface area (Å²) in [6.45, 7) is 2.92. The summed E-state index contributed by atoms with van der Waals surface area (Å²) in [6, 6.07) is 0.330. The summed E-state index contributed by atoms with van der Waals surface area (Å²) < 4.78 is 10.1. The second-order valence-corrected chi connectivity index (χ2v) is 14.7. The Kier molecular flexibility index (Phi) is 13.6. The molecule has 0 radical (unpaired) electrons. The van der Waals surface area contributed by atoms with Gasteiger partial charge in [0, 0.05) is 44.2 Å². The number of nitrogens with one attached hydrogen (secondary N) is 1. The number of aromatic hydroxyl groups is 1. The molecule has 4 atom stereocenters. The lowest BCUT2D eigenvalue weighted by molar-refractivity contribution is -0.153. The Labute approximate surface area is 319 Å². The van der Waals surface area contributed by atoms with Crippen molar-refractivity contribution in [1.82, 2.24) is 9.80 Å². The molecule has 0 aliphatic heterocycles. The van der Waals surface area contributed by atoms with E-state index in [4.69, 9.17) is 15.2 Å². The van der Waals surface area contributed by atoms with Crippen molar-refractivity contribution in [2.24, 2.45) is 17.6 Å². The van der Waals surface area contributed by atoms with E-state index in [9.17, 15) is 49.2 Å². The summed E-state index contributed by atoms with van der Waals surface area (Å²) in [5.41, 5.74) is 1.66. The fraction of sp³-hybridized carbons (Fsp3) is 0.579. The number of hydrogen-bond acceptors (Lipinski definition) is 14. The van der Waals surface area contributed by atoms with Crippen LogP contribution in [0, 0.1) is 11.8 Å². The molecule has 302 valence electrons. The summed E-state index contributed by atoms with van der Waals surface area (Å²) in [5, 5.41) is 48.6. The highest BCUT2D eigenvalue weighted by Gasteiger charge is 2.63. The fourth-order valence-electron chi connectivity index (χ4n) is 7.75. The molecule has 3 aliphatic rings. The zero-order chi connectivity index (χ0) is 40.9. The monoisotopic (exact) mass is 771 g/mol. The zero-order valence-corrected chi connectivity index (χ0v) is 32.3. The highest BCUT2D eigenvalue weighted by Crippen LogP contribution is 2.54. The molecule has 17 heteroatoms. The Bertz CT molecular complexity index is 1790. The van der Waals surface area contributed by atoms with Crippen LogP contribution in [0.3, 0.4) is 0 Å². The first-order chi connectivity index (χ1) is 25.9. The number of aliphatic hydroxyl groups excluding tert-OH is 2. The summed E-state index contributed by atoms with van der Waals surface area (Å²) in [4.78, 5) is 82.8. The third-order valence-electron chi connectivity index (χ3n) is 10.5. The molecule has 0 aromatic heterocycles. The minimum Gasteiger partial charge on any atom is -0.510 e. The molecule has 55 heavy (non-hydrogen) atoms. The van der Waals surface area contributed by atoms with Crippen molar-refractivity contribution < 1.29 is 58.7 Å². The first-order valence-corrected chi connectivity index (χ1v) is 18.5. The number of amides is 3. The molecule has 0 saturated carbocycles. The predicted octanol–water partition coefficient (Wildman–Crippen LogP) is 2.83. The molecule has 0 bridgehead atoms. The molecule has 3 amide bonds. The molecule has 0 unspecified atom stereocenters. The smallest absolute Gasteiger partial charge is 0.413 e. The second-order valence-electron chi connectivity index (χ2n) is 14.7. The summed E-state index contributed by atoms with van der Waals surface area (Å²) in [7, 11) is 6.46. The number of anilines is 2.